The third kappa shape index (κ3) is 5.34. The Morgan fingerprint density at radius 3 is 2.55 bits per heavy atom. The Hall–Kier alpha value is -3.35. The van der Waals surface area contributed by atoms with E-state index in [0.29, 0.717) is 37.3 Å². The molecule has 3 rings (SSSR count). The van der Waals surface area contributed by atoms with Crippen LogP contribution in [-0.4, -0.2) is 49.8 Å². The number of carbonyl (C=O) groups is 2. The minimum absolute atomic E-state index is 0.0822. The fourth-order valence-electron chi connectivity index (χ4n) is 3.14. The summed E-state index contributed by atoms with van der Waals surface area (Å²) < 4.78 is 10.5. The molecule has 1 heterocycles. The van der Waals surface area contributed by atoms with E-state index in [4.69, 9.17) is 9.47 Å². The molecule has 0 radical (unpaired) electrons. The van der Waals surface area contributed by atoms with Crippen LogP contribution in [0.1, 0.15) is 24.0 Å². The van der Waals surface area contributed by atoms with Crippen molar-refractivity contribution < 1.29 is 19.1 Å². The highest BCUT2D eigenvalue weighted by Crippen LogP contribution is 2.27. The fourth-order valence-corrected chi connectivity index (χ4v) is 3.14. The fraction of sp³-hybridized carbons (Fsp3) is 0.318. The summed E-state index contributed by atoms with van der Waals surface area (Å²) in [6.07, 6.45) is 1.57. The molecule has 7 heteroatoms. The quantitative estimate of drug-likeness (QED) is 0.744. The lowest BCUT2D eigenvalue weighted by Crippen LogP contribution is -2.40. The molecule has 0 saturated carbocycles. The number of ether oxygens (including phenoxy) is 2. The Labute approximate surface area is 170 Å². The molecule has 0 aliphatic carbocycles. The molecule has 7 nitrogen and oxygen atoms in total. The summed E-state index contributed by atoms with van der Waals surface area (Å²) in [6, 6.07) is 15.3. The third-order valence-corrected chi connectivity index (χ3v) is 4.69. The molecule has 0 spiro atoms. The number of amides is 2. The van der Waals surface area contributed by atoms with Crippen molar-refractivity contribution in [3.8, 4) is 11.5 Å². The zero-order chi connectivity index (χ0) is 20.6. The first-order chi connectivity index (χ1) is 14.1. The summed E-state index contributed by atoms with van der Waals surface area (Å²) in [5, 5.41) is 8.50. The van der Waals surface area contributed by atoms with Gasteiger partial charge < -0.3 is 14.8 Å². The second kappa shape index (κ2) is 9.73. The molecular weight excluding hydrogens is 370 g/mol. The molecule has 1 aliphatic rings. The van der Waals surface area contributed by atoms with Crippen LogP contribution < -0.4 is 14.8 Å². The average Bonchev–Trinajstić information content (AvgIpc) is 2.75. The predicted octanol–water partition coefficient (Wildman–Crippen LogP) is 2.39. The molecule has 0 aromatic heterocycles. The lowest BCUT2D eigenvalue weighted by atomic mass is 10.0. The van der Waals surface area contributed by atoms with E-state index in [1.165, 1.54) is 5.01 Å². The van der Waals surface area contributed by atoms with Crippen molar-refractivity contribution in [2.45, 2.75) is 19.3 Å². The van der Waals surface area contributed by atoms with Gasteiger partial charge in [0.15, 0.2) is 11.5 Å². The molecule has 0 saturated heterocycles. The van der Waals surface area contributed by atoms with E-state index < -0.39 is 0 Å². The standard InChI is InChI=1S/C22H25N3O4/c1-28-19-10-8-16(14-20(19)29-2)12-13-23-21(26)15-25-22(27)11-9-18(24-25)17-6-4-3-5-7-17/h3-8,10,14H,9,11-13,15H2,1-2H3,(H,23,26). The lowest BCUT2D eigenvalue weighted by Gasteiger charge is -2.23. The van der Waals surface area contributed by atoms with E-state index in [-0.39, 0.29) is 18.4 Å². The number of carbonyl (C=O) groups excluding carboxylic acids is 2. The van der Waals surface area contributed by atoms with Crippen LogP contribution in [-0.2, 0) is 16.0 Å². The van der Waals surface area contributed by atoms with Gasteiger partial charge in [-0.2, -0.15) is 5.10 Å². The number of nitrogens with one attached hydrogen (secondary N) is 1. The Bertz CT molecular complexity index is 896. The molecule has 29 heavy (non-hydrogen) atoms. The number of nitrogens with zero attached hydrogens (tertiary/aromatic N) is 2. The van der Waals surface area contributed by atoms with Crippen LogP contribution in [0.25, 0.3) is 0 Å². The molecule has 0 fully saturated rings. The number of hydrogen-bond donors (Lipinski definition) is 1. The van der Waals surface area contributed by atoms with Gasteiger partial charge in [-0.15, -0.1) is 0 Å². The maximum Gasteiger partial charge on any atom is 0.243 e. The topological polar surface area (TPSA) is 80.2 Å². The van der Waals surface area contributed by atoms with Gasteiger partial charge in [0.2, 0.25) is 11.8 Å². The molecular formula is C22H25N3O4. The Morgan fingerprint density at radius 1 is 1.07 bits per heavy atom. The summed E-state index contributed by atoms with van der Waals surface area (Å²) in [6.45, 7) is 0.368. The van der Waals surface area contributed by atoms with Crippen molar-refractivity contribution >= 4 is 17.5 Å². The highest BCUT2D eigenvalue weighted by Gasteiger charge is 2.23. The van der Waals surface area contributed by atoms with Crippen molar-refractivity contribution in [2.75, 3.05) is 27.3 Å². The normalized spacial score (nSPS) is 13.7. The van der Waals surface area contributed by atoms with Crippen LogP contribution in [0.15, 0.2) is 53.6 Å². The summed E-state index contributed by atoms with van der Waals surface area (Å²) >= 11 is 0. The molecule has 2 amide bonds. The van der Waals surface area contributed by atoms with Gasteiger partial charge in [0.1, 0.15) is 6.54 Å². The first-order valence-electron chi connectivity index (χ1n) is 9.51. The number of methoxy groups -OCH3 is 2. The Kier molecular flexibility index (Phi) is 6.84. The summed E-state index contributed by atoms with van der Waals surface area (Å²) in [7, 11) is 3.18. The highest BCUT2D eigenvalue weighted by atomic mass is 16.5. The second-order valence-corrected chi connectivity index (χ2v) is 6.65. The van der Waals surface area contributed by atoms with Gasteiger partial charge in [0, 0.05) is 19.4 Å². The maximum atomic E-state index is 12.3. The summed E-state index contributed by atoms with van der Waals surface area (Å²) in [5.74, 6) is 0.936. The minimum atomic E-state index is -0.239. The van der Waals surface area contributed by atoms with Crippen LogP contribution in [0.5, 0.6) is 11.5 Å². The number of benzene rings is 2. The highest BCUT2D eigenvalue weighted by molar-refractivity contribution is 6.04. The Morgan fingerprint density at radius 2 is 1.83 bits per heavy atom. The maximum absolute atomic E-state index is 12.3. The van der Waals surface area contributed by atoms with Gasteiger partial charge >= 0.3 is 0 Å². The number of hydrazone groups is 1. The zero-order valence-corrected chi connectivity index (χ0v) is 16.7. The van der Waals surface area contributed by atoms with Crippen molar-refractivity contribution in [1.82, 2.24) is 10.3 Å². The first kappa shape index (κ1) is 20.4. The van der Waals surface area contributed by atoms with E-state index in [0.717, 1.165) is 16.8 Å². The van der Waals surface area contributed by atoms with E-state index in [1.807, 2.05) is 48.5 Å². The monoisotopic (exact) mass is 395 g/mol. The van der Waals surface area contributed by atoms with Crippen molar-refractivity contribution in [2.24, 2.45) is 5.10 Å². The van der Waals surface area contributed by atoms with Crippen molar-refractivity contribution in [1.29, 1.82) is 0 Å². The summed E-state index contributed by atoms with van der Waals surface area (Å²) in [5.41, 5.74) is 2.81. The van der Waals surface area contributed by atoms with Crippen molar-refractivity contribution in [3.05, 3.63) is 59.7 Å². The molecule has 152 valence electrons. The summed E-state index contributed by atoms with van der Waals surface area (Å²) in [4.78, 5) is 24.4. The van der Waals surface area contributed by atoms with Crippen LogP contribution in [0.4, 0.5) is 0 Å². The van der Waals surface area contributed by atoms with E-state index in [2.05, 4.69) is 10.4 Å². The van der Waals surface area contributed by atoms with Gasteiger partial charge in [0.05, 0.1) is 19.9 Å². The van der Waals surface area contributed by atoms with Crippen LogP contribution in [0.2, 0.25) is 0 Å². The largest absolute Gasteiger partial charge is 0.493 e. The minimum Gasteiger partial charge on any atom is -0.493 e. The average molecular weight is 395 g/mol. The van der Waals surface area contributed by atoms with Gasteiger partial charge in [-0.05, 0) is 29.7 Å². The van der Waals surface area contributed by atoms with E-state index in [1.54, 1.807) is 14.2 Å². The smallest absolute Gasteiger partial charge is 0.243 e. The van der Waals surface area contributed by atoms with Crippen molar-refractivity contribution in [3.63, 3.8) is 0 Å². The molecule has 1 N–H and O–H groups in total. The zero-order valence-electron chi connectivity index (χ0n) is 16.7. The molecule has 2 aromatic carbocycles. The van der Waals surface area contributed by atoms with E-state index >= 15 is 0 Å². The molecule has 0 unspecified atom stereocenters. The molecule has 0 atom stereocenters. The van der Waals surface area contributed by atoms with Crippen LogP contribution >= 0.6 is 0 Å². The van der Waals surface area contributed by atoms with Crippen LogP contribution in [0, 0.1) is 0 Å². The second-order valence-electron chi connectivity index (χ2n) is 6.65. The molecule has 2 aromatic rings. The number of rotatable bonds is 8. The van der Waals surface area contributed by atoms with Gasteiger partial charge in [-0.25, -0.2) is 5.01 Å². The third-order valence-electron chi connectivity index (χ3n) is 4.69. The van der Waals surface area contributed by atoms with Gasteiger partial charge in [0.25, 0.3) is 0 Å². The van der Waals surface area contributed by atoms with E-state index in [9.17, 15) is 9.59 Å². The van der Waals surface area contributed by atoms with Crippen LogP contribution in [0.3, 0.4) is 0 Å². The SMILES string of the molecule is COc1ccc(CCNC(=O)CN2N=C(c3ccccc3)CCC2=O)cc1OC. The number of hydrogen-bond acceptors (Lipinski definition) is 5. The molecule has 1 aliphatic heterocycles. The first-order valence-corrected chi connectivity index (χ1v) is 9.51. The van der Waals surface area contributed by atoms with Gasteiger partial charge in [-0.1, -0.05) is 36.4 Å². The van der Waals surface area contributed by atoms with Gasteiger partial charge in [-0.3, -0.25) is 9.59 Å². The Balaban J connectivity index is 1.54. The lowest BCUT2D eigenvalue weighted by molar-refractivity contribution is -0.136. The predicted molar refractivity (Wildman–Crippen MR) is 110 cm³/mol. The molecule has 0 bridgehead atoms.